The molecule has 0 nitrogen and oxygen atoms in total. The molecule has 0 heterocycles. The number of rotatable bonds is 12. The maximum atomic E-state index is 12.4. The average Bonchev–Trinajstić information content (AvgIpc) is 2.92. The molecule has 3 fully saturated rings. The minimum absolute atomic E-state index is 0.202. The molecule has 198 valence electrons. The van der Waals surface area contributed by atoms with E-state index in [0.717, 1.165) is 41.9 Å². The normalized spacial score (nSPS) is 31.9. The highest BCUT2D eigenvalue weighted by Crippen LogP contribution is 2.46. The molecule has 1 aromatic carbocycles. The number of halogens is 1. The first-order valence-electron chi connectivity index (χ1n) is 15.9. The van der Waals surface area contributed by atoms with E-state index in [1.807, 2.05) is 0 Å². The van der Waals surface area contributed by atoms with Crippen molar-refractivity contribution in [1.29, 1.82) is 0 Å². The third kappa shape index (κ3) is 8.60. The van der Waals surface area contributed by atoms with Crippen LogP contribution in [0, 0.1) is 35.5 Å². The van der Waals surface area contributed by atoms with Crippen molar-refractivity contribution in [3.8, 4) is 0 Å². The Labute approximate surface area is 217 Å². The van der Waals surface area contributed by atoms with Gasteiger partial charge in [0.05, 0.1) is 6.67 Å². The summed E-state index contributed by atoms with van der Waals surface area (Å²) in [6.07, 6.45) is 28.3. The van der Waals surface area contributed by atoms with Gasteiger partial charge in [-0.3, -0.25) is 4.39 Å². The summed E-state index contributed by atoms with van der Waals surface area (Å²) in [4.78, 5) is 0. The maximum absolute atomic E-state index is 12.4. The molecule has 1 heteroatoms. The standard InChI is InChI=1S/C34H55F/c1-2-3-4-6-27-14-18-31(19-15-27)33-22-24-34(25-23-33)32-20-16-30(17-21-32)13-12-29-10-8-28(9-11-29)7-5-26-35/h8-11,27,30-34H,2-7,12-26H2,1H3/t27-,30?,31-,32?,33?,34?. The fourth-order valence-corrected chi connectivity index (χ4v) is 8.18. The average molecular weight is 483 g/mol. The van der Waals surface area contributed by atoms with Crippen molar-refractivity contribution in [2.45, 2.75) is 135 Å². The molecule has 3 aliphatic rings. The molecular weight excluding hydrogens is 427 g/mol. The maximum Gasteiger partial charge on any atom is 0.0897 e. The zero-order chi connectivity index (χ0) is 24.3. The van der Waals surface area contributed by atoms with Gasteiger partial charge in [0.25, 0.3) is 0 Å². The van der Waals surface area contributed by atoms with Crippen LogP contribution in [0.25, 0.3) is 0 Å². The van der Waals surface area contributed by atoms with E-state index in [-0.39, 0.29) is 6.67 Å². The Balaban J connectivity index is 1.09. The zero-order valence-electron chi connectivity index (χ0n) is 23.0. The molecule has 0 saturated heterocycles. The van der Waals surface area contributed by atoms with Crippen molar-refractivity contribution in [1.82, 2.24) is 0 Å². The van der Waals surface area contributed by atoms with Crippen molar-refractivity contribution >= 4 is 0 Å². The SMILES string of the molecule is CCCCC[C@H]1CC[C@H](C2CCC(C3CCC(CCc4ccc(CCCF)cc4)CC3)CC2)CC1. The molecule has 4 rings (SSSR count). The van der Waals surface area contributed by atoms with Gasteiger partial charge in [-0.1, -0.05) is 82.6 Å². The fourth-order valence-electron chi connectivity index (χ4n) is 8.18. The van der Waals surface area contributed by atoms with Crippen molar-refractivity contribution < 1.29 is 4.39 Å². The number of benzene rings is 1. The highest BCUT2D eigenvalue weighted by molar-refractivity contribution is 5.22. The van der Waals surface area contributed by atoms with Crippen LogP contribution in [0.3, 0.4) is 0 Å². The molecule has 0 atom stereocenters. The summed E-state index contributed by atoms with van der Waals surface area (Å²) in [6, 6.07) is 9.02. The van der Waals surface area contributed by atoms with Crippen LogP contribution in [0.2, 0.25) is 0 Å². The molecule has 3 aliphatic carbocycles. The molecule has 0 unspecified atom stereocenters. The lowest BCUT2D eigenvalue weighted by atomic mass is 9.64. The largest absolute Gasteiger partial charge is 0.251 e. The van der Waals surface area contributed by atoms with Crippen LogP contribution >= 0.6 is 0 Å². The number of unbranched alkanes of at least 4 members (excludes halogenated alkanes) is 2. The van der Waals surface area contributed by atoms with Crippen LogP contribution in [0.15, 0.2) is 24.3 Å². The predicted octanol–water partition coefficient (Wildman–Crippen LogP) is 10.5. The minimum atomic E-state index is -0.202. The van der Waals surface area contributed by atoms with E-state index in [1.54, 1.807) is 51.4 Å². The summed E-state index contributed by atoms with van der Waals surface area (Å²) in [7, 11) is 0. The van der Waals surface area contributed by atoms with E-state index in [1.165, 1.54) is 75.3 Å². The Morgan fingerprint density at radius 3 is 1.43 bits per heavy atom. The lowest BCUT2D eigenvalue weighted by Crippen LogP contribution is -2.29. The number of aryl methyl sites for hydroxylation is 2. The van der Waals surface area contributed by atoms with Gasteiger partial charge in [0.1, 0.15) is 0 Å². The molecule has 0 radical (unpaired) electrons. The summed E-state index contributed by atoms with van der Waals surface area (Å²) in [5.41, 5.74) is 2.76. The molecule has 0 bridgehead atoms. The first-order chi connectivity index (χ1) is 17.2. The van der Waals surface area contributed by atoms with Crippen LogP contribution in [-0.2, 0) is 12.8 Å². The highest BCUT2D eigenvalue weighted by atomic mass is 19.1. The van der Waals surface area contributed by atoms with Gasteiger partial charge in [0, 0.05) is 0 Å². The number of alkyl halides is 1. The van der Waals surface area contributed by atoms with Gasteiger partial charge >= 0.3 is 0 Å². The molecule has 35 heavy (non-hydrogen) atoms. The molecule has 0 spiro atoms. The summed E-state index contributed by atoms with van der Waals surface area (Å²) >= 11 is 0. The zero-order valence-corrected chi connectivity index (χ0v) is 23.0. The lowest BCUT2D eigenvalue weighted by molar-refractivity contribution is 0.102. The number of hydrogen-bond acceptors (Lipinski definition) is 0. The summed E-state index contributed by atoms with van der Waals surface area (Å²) in [5.74, 6) is 6.25. The van der Waals surface area contributed by atoms with Crippen molar-refractivity contribution in [2.24, 2.45) is 35.5 Å². The molecule has 1 aromatic rings. The molecule has 0 amide bonds. The lowest BCUT2D eigenvalue weighted by Gasteiger charge is -2.41. The number of hydrogen-bond donors (Lipinski definition) is 0. The Hall–Kier alpha value is -0.850. The van der Waals surface area contributed by atoms with Gasteiger partial charge in [0.15, 0.2) is 0 Å². The van der Waals surface area contributed by atoms with E-state index in [9.17, 15) is 4.39 Å². The van der Waals surface area contributed by atoms with Gasteiger partial charge in [-0.05, 0) is 124 Å². The highest BCUT2D eigenvalue weighted by Gasteiger charge is 2.34. The van der Waals surface area contributed by atoms with Crippen LogP contribution in [0.1, 0.15) is 134 Å². The van der Waals surface area contributed by atoms with Gasteiger partial charge in [-0.2, -0.15) is 0 Å². The van der Waals surface area contributed by atoms with E-state index in [0.29, 0.717) is 6.42 Å². The fraction of sp³-hybridized carbons (Fsp3) is 0.824. The van der Waals surface area contributed by atoms with E-state index in [2.05, 4.69) is 31.2 Å². The molecule has 0 aliphatic heterocycles. The first kappa shape index (κ1) is 27.2. The van der Waals surface area contributed by atoms with Gasteiger partial charge in [0.2, 0.25) is 0 Å². The summed E-state index contributed by atoms with van der Waals surface area (Å²) in [6.45, 7) is 2.13. The Morgan fingerprint density at radius 2 is 0.971 bits per heavy atom. The molecular formula is C34H55F. The van der Waals surface area contributed by atoms with Crippen LogP contribution in [-0.4, -0.2) is 6.67 Å². The van der Waals surface area contributed by atoms with Crippen LogP contribution in [0.5, 0.6) is 0 Å². The second kappa shape index (κ2) is 14.8. The van der Waals surface area contributed by atoms with Crippen molar-refractivity contribution in [3.63, 3.8) is 0 Å². The van der Waals surface area contributed by atoms with Crippen LogP contribution in [0.4, 0.5) is 4.39 Å². The minimum Gasteiger partial charge on any atom is -0.251 e. The van der Waals surface area contributed by atoms with Gasteiger partial charge in [-0.15, -0.1) is 0 Å². The van der Waals surface area contributed by atoms with E-state index in [4.69, 9.17) is 0 Å². The third-order valence-corrected chi connectivity index (χ3v) is 10.6. The smallest absolute Gasteiger partial charge is 0.0897 e. The molecule has 0 aromatic heterocycles. The van der Waals surface area contributed by atoms with Gasteiger partial charge < -0.3 is 0 Å². The Bertz CT molecular complexity index is 669. The second-order valence-corrected chi connectivity index (χ2v) is 12.9. The molecule has 3 saturated carbocycles. The van der Waals surface area contributed by atoms with E-state index < -0.39 is 0 Å². The Kier molecular flexibility index (Phi) is 11.5. The predicted molar refractivity (Wildman–Crippen MR) is 150 cm³/mol. The molecule has 0 N–H and O–H groups in total. The van der Waals surface area contributed by atoms with E-state index >= 15 is 0 Å². The monoisotopic (exact) mass is 482 g/mol. The topological polar surface area (TPSA) is 0 Å². The Morgan fingerprint density at radius 1 is 0.543 bits per heavy atom. The first-order valence-corrected chi connectivity index (χ1v) is 15.9. The van der Waals surface area contributed by atoms with Crippen molar-refractivity contribution in [2.75, 3.05) is 6.67 Å². The summed E-state index contributed by atoms with van der Waals surface area (Å²) < 4.78 is 12.4. The van der Waals surface area contributed by atoms with Crippen LogP contribution < -0.4 is 0 Å². The second-order valence-electron chi connectivity index (χ2n) is 12.9. The quantitative estimate of drug-likeness (QED) is 0.260. The van der Waals surface area contributed by atoms with Crippen molar-refractivity contribution in [3.05, 3.63) is 35.4 Å². The van der Waals surface area contributed by atoms with Gasteiger partial charge in [-0.25, -0.2) is 0 Å². The summed E-state index contributed by atoms with van der Waals surface area (Å²) in [5, 5.41) is 0. The third-order valence-electron chi connectivity index (χ3n) is 10.6.